The lowest BCUT2D eigenvalue weighted by Gasteiger charge is -2.20. The molecule has 1 atom stereocenters. The van der Waals surface area contributed by atoms with E-state index in [1.54, 1.807) is 0 Å². The Morgan fingerprint density at radius 1 is 0.655 bits per heavy atom. The minimum atomic E-state index is -1.16. The van der Waals surface area contributed by atoms with Crippen LogP contribution in [0.4, 0.5) is 0 Å². The Hall–Kier alpha value is -3.09. The van der Waals surface area contributed by atoms with E-state index in [1.165, 1.54) is 22.3 Å². The van der Waals surface area contributed by atoms with E-state index in [4.69, 9.17) is 9.05 Å². The second-order valence-electron chi connectivity index (χ2n) is 7.14. The maximum Gasteiger partial charge on any atom is 0.295 e. The lowest BCUT2D eigenvalue weighted by Crippen LogP contribution is -1.99. The minimum absolute atomic E-state index is 0.752. The lowest BCUT2D eigenvalue weighted by molar-refractivity contribution is 0.492. The fraction of sp³-hybridized carbons (Fsp3) is 0.0769. The van der Waals surface area contributed by atoms with Gasteiger partial charge >= 0.3 is 0 Å². The SMILES string of the molecule is Cc1ccccc1-c1ccccc1OP1Cc2ccccc2-c2ccccc2O1. The van der Waals surface area contributed by atoms with Crippen molar-refractivity contribution in [2.45, 2.75) is 13.1 Å². The molecular formula is C26H21O2P. The highest BCUT2D eigenvalue weighted by Crippen LogP contribution is 2.52. The molecule has 0 bridgehead atoms. The van der Waals surface area contributed by atoms with Crippen molar-refractivity contribution < 1.29 is 9.05 Å². The largest absolute Gasteiger partial charge is 0.438 e. The van der Waals surface area contributed by atoms with Gasteiger partial charge in [-0.3, -0.25) is 0 Å². The van der Waals surface area contributed by atoms with E-state index >= 15 is 0 Å². The summed E-state index contributed by atoms with van der Waals surface area (Å²) in [6, 6.07) is 33.4. The van der Waals surface area contributed by atoms with Crippen LogP contribution in [-0.4, -0.2) is 0 Å². The Labute approximate surface area is 172 Å². The minimum Gasteiger partial charge on any atom is -0.438 e. The lowest BCUT2D eigenvalue weighted by atomic mass is 10.00. The van der Waals surface area contributed by atoms with Crippen LogP contribution >= 0.6 is 8.38 Å². The summed E-state index contributed by atoms with van der Waals surface area (Å²) >= 11 is 0. The monoisotopic (exact) mass is 396 g/mol. The molecule has 4 aromatic rings. The van der Waals surface area contributed by atoms with Gasteiger partial charge in [0.2, 0.25) is 0 Å². The molecule has 1 aliphatic rings. The summed E-state index contributed by atoms with van der Waals surface area (Å²) in [7, 11) is -1.16. The third kappa shape index (κ3) is 3.52. The van der Waals surface area contributed by atoms with Gasteiger partial charge in [-0.15, -0.1) is 0 Å². The van der Waals surface area contributed by atoms with Crippen LogP contribution in [0.3, 0.4) is 0 Å². The smallest absolute Gasteiger partial charge is 0.295 e. The second-order valence-corrected chi connectivity index (χ2v) is 8.48. The number of fused-ring (bicyclic) bond motifs is 3. The van der Waals surface area contributed by atoms with E-state index in [0.29, 0.717) is 0 Å². The summed E-state index contributed by atoms with van der Waals surface area (Å²) in [5.41, 5.74) is 7.13. The summed E-state index contributed by atoms with van der Waals surface area (Å²) in [6.07, 6.45) is 0.752. The molecule has 1 heterocycles. The summed E-state index contributed by atoms with van der Waals surface area (Å²) in [5.74, 6) is 1.75. The van der Waals surface area contributed by atoms with Crippen molar-refractivity contribution in [3.05, 3.63) is 108 Å². The Bertz CT molecular complexity index is 1120. The third-order valence-electron chi connectivity index (χ3n) is 5.22. The van der Waals surface area contributed by atoms with Crippen molar-refractivity contribution in [1.29, 1.82) is 0 Å². The Balaban J connectivity index is 1.54. The van der Waals surface area contributed by atoms with Gasteiger partial charge in [0.15, 0.2) is 0 Å². The normalized spacial score (nSPS) is 14.9. The van der Waals surface area contributed by atoms with Crippen molar-refractivity contribution in [2.75, 3.05) is 0 Å². The van der Waals surface area contributed by atoms with Crippen LogP contribution < -0.4 is 9.05 Å². The van der Waals surface area contributed by atoms with Crippen molar-refractivity contribution in [3.63, 3.8) is 0 Å². The van der Waals surface area contributed by atoms with Gasteiger partial charge in [0.1, 0.15) is 11.5 Å². The fourth-order valence-corrected chi connectivity index (χ4v) is 5.25. The summed E-state index contributed by atoms with van der Waals surface area (Å²) in [5, 5.41) is 0. The Morgan fingerprint density at radius 3 is 2.10 bits per heavy atom. The van der Waals surface area contributed by atoms with Gasteiger partial charge in [-0.25, -0.2) is 0 Å². The highest BCUT2D eigenvalue weighted by atomic mass is 31.2. The zero-order chi connectivity index (χ0) is 19.6. The maximum absolute atomic E-state index is 6.53. The average Bonchev–Trinajstić information content (AvgIpc) is 2.91. The zero-order valence-electron chi connectivity index (χ0n) is 16.2. The zero-order valence-corrected chi connectivity index (χ0v) is 17.1. The molecule has 0 aliphatic carbocycles. The molecule has 5 rings (SSSR count). The van der Waals surface area contributed by atoms with Gasteiger partial charge in [-0.2, -0.15) is 0 Å². The van der Waals surface area contributed by atoms with E-state index in [2.05, 4.69) is 79.7 Å². The van der Waals surface area contributed by atoms with Crippen LogP contribution in [0.2, 0.25) is 0 Å². The molecule has 0 N–H and O–H groups in total. The predicted octanol–water partition coefficient (Wildman–Crippen LogP) is 7.61. The first kappa shape index (κ1) is 18.0. The highest BCUT2D eigenvalue weighted by molar-refractivity contribution is 7.47. The molecule has 0 spiro atoms. The number of hydrogen-bond donors (Lipinski definition) is 0. The molecule has 1 unspecified atom stereocenters. The van der Waals surface area contributed by atoms with E-state index < -0.39 is 8.38 Å². The van der Waals surface area contributed by atoms with Gasteiger partial charge < -0.3 is 9.05 Å². The molecule has 0 saturated carbocycles. The molecule has 0 fully saturated rings. The van der Waals surface area contributed by atoms with Gasteiger partial charge in [0.05, 0.1) is 6.16 Å². The number of benzene rings is 4. The summed E-state index contributed by atoms with van der Waals surface area (Å²) in [6.45, 7) is 2.13. The molecule has 0 saturated heterocycles. The van der Waals surface area contributed by atoms with Gasteiger partial charge in [-0.1, -0.05) is 84.9 Å². The highest BCUT2D eigenvalue weighted by Gasteiger charge is 2.25. The number of para-hydroxylation sites is 2. The predicted molar refractivity (Wildman–Crippen MR) is 120 cm³/mol. The van der Waals surface area contributed by atoms with Crippen molar-refractivity contribution in [3.8, 4) is 33.8 Å². The summed E-state index contributed by atoms with van der Waals surface area (Å²) in [4.78, 5) is 0. The van der Waals surface area contributed by atoms with Crippen molar-refractivity contribution >= 4 is 8.38 Å². The molecule has 29 heavy (non-hydrogen) atoms. The molecule has 3 heteroatoms. The van der Waals surface area contributed by atoms with E-state index in [9.17, 15) is 0 Å². The van der Waals surface area contributed by atoms with Crippen LogP contribution in [0.15, 0.2) is 97.1 Å². The van der Waals surface area contributed by atoms with Gasteiger partial charge in [0, 0.05) is 11.1 Å². The molecule has 0 aromatic heterocycles. The Morgan fingerprint density at radius 2 is 1.28 bits per heavy atom. The van der Waals surface area contributed by atoms with Crippen LogP contribution in [-0.2, 0) is 6.16 Å². The van der Waals surface area contributed by atoms with Crippen molar-refractivity contribution in [2.24, 2.45) is 0 Å². The van der Waals surface area contributed by atoms with E-state index in [0.717, 1.165) is 28.8 Å². The molecule has 142 valence electrons. The van der Waals surface area contributed by atoms with E-state index in [1.807, 2.05) is 24.3 Å². The van der Waals surface area contributed by atoms with E-state index in [-0.39, 0.29) is 0 Å². The average molecular weight is 396 g/mol. The number of hydrogen-bond acceptors (Lipinski definition) is 2. The van der Waals surface area contributed by atoms with Crippen LogP contribution in [0.5, 0.6) is 11.5 Å². The number of aryl methyl sites for hydroxylation is 1. The number of rotatable bonds is 3. The first-order valence-electron chi connectivity index (χ1n) is 9.75. The molecular weight excluding hydrogens is 375 g/mol. The summed E-state index contributed by atoms with van der Waals surface area (Å²) < 4.78 is 12.9. The molecule has 2 nitrogen and oxygen atoms in total. The second kappa shape index (κ2) is 7.73. The quantitative estimate of drug-likeness (QED) is 0.332. The fourth-order valence-electron chi connectivity index (χ4n) is 3.78. The Kier molecular flexibility index (Phi) is 4.79. The van der Waals surface area contributed by atoms with Crippen LogP contribution in [0, 0.1) is 6.92 Å². The maximum atomic E-state index is 6.53. The molecule has 0 amide bonds. The topological polar surface area (TPSA) is 18.5 Å². The standard InChI is InChI=1S/C26H21O2P/c1-19-10-2-4-12-21(19)23-14-6-8-16-25(23)27-29-18-20-11-3-5-13-22(20)24-15-7-9-17-26(24)28-29/h2-17H,18H2,1H3. The van der Waals surface area contributed by atoms with Gasteiger partial charge in [0.25, 0.3) is 8.38 Å². The van der Waals surface area contributed by atoms with Crippen LogP contribution in [0.25, 0.3) is 22.3 Å². The van der Waals surface area contributed by atoms with Crippen molar-refractivity contribution in [1.82, 2.24) is 0 Å². The van der Waals surface area contributed by atoms with Crippen LogP contribution in [0.1, 0.15) is 11.1 Å². The third-order valence-corrected chi connectivity index (χ3v) is 6.62. The molecule has 4 aromatic carbocycles. The first-order chi connectivity index (χ1) is 14.3. The first-order valence-corrected chi connectivity index (χ1v) is 11.1. The van der Waals surface area contributed by atoms with Gasteiger partial charge in [-0.05, 0) is 41.3 Å². The molecule has 1 aliphatic heterocycles. The molecule has 0 radical (unpaired) electrons.